The Balaban J connectivity index is 2.90. The molecule has 1 aromatic rings. The highest BCUT2D eigenvalue weighted by Gasteiger charge is 2.20. The second-order valence-corrected chi connectivity index (χ2v) is 7.59. The van der Waals surface area contributed by atoms with Crippen LogP contribution in [0.3, 0.4) is 0 Å². The summed E-state index contributed by atoms with van der Waals surface area (Å²) in [4.78, 5) is 23.7. The fourth-order valence-electron chi connectivity index (χ4n) is 1.62. The van der Waals surface area contributed by atoms with Crippen molar-refractivity contribution in [2.45, 2.75) is 17.7 Å². The van der Waals surface area contributed by atoms with Gasteiger partial charge in [0.05, 0.1) is 16.2 Å². The molecule has 0 fully saturated rings. The summed E-state index contributed by atoms with van der Waals surface area (Å²) in [6, 6.07) is 3.83. The average Bonchev–Trinajstić information content (AvgIpc) is 2.38. The van der Waals surface area contributed by atoms with Crippen LogP contribution in [0.5, 0.6) is 0 Å². The maximum atomic E-state index is 12.2. The maximum absolute atomic E-state index is 12.2. The molecule has 0 bridgehead atoms. The van der Waals surface area contributed by atoms with Gasteiger partial charge in [-0.05, 0) is 40.5 Å². The van der Waals surface area contributed by atoms with E-state index in [2.05, 4.69) is 15.9 Å². The van der Waals surface area contributed by atoms with Crippen LogP contribution in [0.25, 0.3) is 0 Å². The minimum absolute atomic E-state index is 0.0697. The van der Waals surface area contributed by atoms with E-state index in [9.17, 15) is 18.0 Å². The second-order valence-electron chi connectivity index (χ2n) is 4.66. The smallest absolute Gasteiger partial charge is 0.335 e. The van der Waals surface area contributed by atoms with E-state index in [1.165, 1.54) is 17.0 Å². The van der Waals surface area contributed by atoms with Crippen LogP contribution in [-0.2, 0) is 14.6 Å². The molecular weight excluding hydrogens is 362 g/mol. The molecular formula is C13H16BrNO5S. The van der Waals surface area contributed by atoms with Crippen LogP contribution in [0.2, 0.25) is 0 Å². The molecule has 6 nitrogen and oxygen atoms in total. The van der Waals surface area contributed by atoms with Crippen LogP contribution in [0.4, 0.5) is 0 Å². The zero-order valence-electron chi connectivity index (χ0n) is 11.7. The first kappa shape index (κ1) is 17.6. The fraction of sp³-hybridized carbons (Fsp3) is 0.385. The van der Waals surface area contributed by atoms with E-state index >= 15 is 0 Å². The van der Waals surface area contributed by atoms with E-state index in [-0.39, 0.29) is 35.0 Å². The first-order chi connectivity index (χ1) is 9.65. The maximum Gasteiger partial charge on any atom is 0.335 e. The lowest BCUT2D eigenvalue weighted by Crippen LogP contribution is -2.22. The number of hydrogen-bond acceptors (Lipinski definition) is 4. The van der Waals surface area contributed by atoms with Crippen molar-refractivity contribution in [3.8, 4) is 0 Å². The zero-order chi connectivity index (χ0) is 16.2. The average molecular weight is 378 g/mol. The van der Waals surface area contributed by atoms with Crippen LogP contribution < -0.4 is 0 Å². The lowest BCUT2D eigenvalue weighted by Gasteiger charge is -2.11. The van der Waals surface area contributed by atoms with Crippen LogP contribution in [-0.4, -0.2) is 50.1 Å². The molecule has 0 spiro atoms. The first-order valence-corrected chi connectivity index (χ1v) is 8.55. The van der Waals surface area contributed by atoms with Crippen molar-refractivity contribution in [2.75, 3.05) is 19.8 Å². The highest BCUT2D eigenvalue weighted by molar-refractivity contribution is 9.10. The predicted molar refractivity (Wildman–Crippen MR) is 81.1 cm³/mol. The van der Waals surface area contributed by atoms with Crippen molar-refractivity contribution in [2.24, 2.45) is 0 Å². The number of carbonyl (C=O) groups is 2. The standard InChI is InChI=1S/C13H16BrNO5S/c1-15(2)12(16)4-3-7-21(19,20)11-8-9(13(17)18)5-6-10(11)14/h5-6,8H,3-4,7H2,1-2H3,(H,17,18). The molecule has 0 aromatic heterocycles. The normalized spacial score (nSPS) is 11.2. The topological polar surface area (TPSA) is 91.8 Å². The van der Waals surface area contributed by atoms with Gasteiger partial charge >= 0.3 is 5.97 Å². The summed E-state index contributed by atoms with van der Waals surface area (Å²) < 4.78 is 24.8. The largest absolute Gasteiger partial charge is 0.478 e. The van der Waals surface area contributed by atoms with Gasteiger partial charge in [0.2, 0.25) is 5.91 Å². The van der Waals surface area contributed by atoms with Crippen LogP contribution in [0.1, 0.15) is 23.2 Å². The number of amides is 1. The van der Waals surface area contributed by atoms with Crippen molar-refractivity contribution < 1.29 is 23.1 Å². The minimum atomic E-state index is -3.65. The van der Waals surface area contributed by atoms with Gasteiger partial charge in [-0.15, -0.1) is 0 Å². The molecule has 0 aliphatic heterocycles. The molecule has 0 saturated heterocycles. The number of sulfone groups is 1. The van der Waals surface area contributed by atoms with E-state index in [1.54, 1.807) is 14.1 Å². The van der Waals surface area contributed by atoms with E-state index in [1.807, 2.05) is 0 Å². The molecule has 1 rings (SSSR count). The molecule has 0 aliphatic carbocycles. The number of carboxylic acid groups (broad SMARTS) is 1. The summed E-state index contributed by atoms with van der Waals surface area (Å²) in [7, 11) is -0.447. The van der Waals surface area contributed by atoms with Gasteiger partial charge in [0, 0.05) is 25.0 Å². The van der Waals surface area contributed by atoms with Gasteiger partial charge in [0.25, 0.3) is 0 Å². The molecule has 1 aromatic carbocycles. The third-order valence-electron chi connectivity index (χ3n) is 2.82. The van der Waals surface area contributed by atoms with Crippen LogP contribution >= 0.6 is 15.9 Å². The summed E-state index contributed by atoms with van der Waals surface area (Å²) in [6.45, 7) is 0. The summed E-state index contributed by atoms with van der Waals surface area (Å²) in [5.41, 5.74) is -0.0962. The van der Waals surface area contributed by atoms with E-state index < -0.39 is 15.8 Å². The third kappa shape index (κ3) is 4.82. The first-order valence-electron chi connectivity index (χ1n) is 6.11. The monoisotopic (exact) mass is 377 g/mol. The number of benzene rings is 1. The number of aromatic carboxylic acids is 1. The Morgan fingerprint density at radius 3 is 2.43 bits per heavy atom. The molecule has 0 saturated carbocycles. The van der Waals surface area contributed by atoms with Gasteiger partial charge < -0.3 is 10.0 Å². The summed E-state index contributed by atoms with van der Waals surface area (Å²) >= 11 is 3.11. The van der Waals surface area contributed by atoms with E-state index in [0.29, 0.717) is 4.47 Å². The fourth-order valence-corrected chi connectivity index (χ4v) is 4.02. The Labute approximate surface area is 131 Å². The molecule has 0 radical (unpaired) electrons. The highest BCUT2D eigenvalue weighted by Crippen LogP contribution is 2.25. The van der Waals surface area contributed by atoms with Gasteiger partial charge in [-0.25, -0.2) is 13.2 Å². The minimum Gasteiger partial charge on any atom is -0.478 e. The third-order valence-corrected chi connectivity index (χ3v) is 5.60. The van der Waals surface area contributed by atoms with Crippen molar-refractivity contribution in [3.63, 3.8) is 0 Å². The summed E-state index contributed by atoms with van der Waals surface area (Å²) in [5.74, 6) is -1.56. The lowest BCUT2D eigenvalue weighted by atomic mass is 10.2. The van der Waals surface area contributed by atoms with Gasteiger partial charge in [-0.1, -0.05) is 0 Å². The quantitative estimate of drug-likeness (QED) is 0.815. The molecule has 0 atom stereocenters. The van der Waals surface area contributed by atoms with Gasteiger partial charge in [-0.2, -0.15) is 0 Å². The Bertz CT molecular complexity index is 655. The molecule has 116 valence electrons. The molecule has 1 amide bonds. The SMILES string of the molecule is CN(C)C(=O)CCCS(=O)(=O)c1cc(C(=O)O)ccc1Br. The number of hydrogen-bond donors (Lipinski definition) is 1. The van der Waals surface area contributed by atoms with Gasteiger partial charge in [-0.3, -0.25) is 4.79 Å². The molecule has 8 heteroatoms. The van der Waals surface area contributed by atoms with Crippen LogP contribution in [0, 0.1) is 0 Å². The molecule has 0 unspecified atom stereocenters. The van der Waals surface area contributed by atoms with Crippen molar-refractivity contribution in [1.29, 1.82) is 0 Å². The molecule has 1 N–H and O–H groups in total. The lowest BCUT2D eigenvalue weighted by molar-refractivity contribution is -0.128. The van der Waals surface area contributed by atoms with E-state index in [4.69, 9.17) is 5.11 Å². The number of rotatable bonds is 6. The van der Waals surface area contributed by atoms with Crippen molar-refractivity contribution in [1.82, 2.24) is 4.90 Å². The Kier molecular flexibility index (Phi) is 5.91. The molecule has 0 aliphatic rings. The zero-order valence-corrected chi connectivity index (χ0v) is 14.1. The second kappa shape index (κ2) is 7.04. The predicted octanol–water partition coefficient (Wildman–Crippen LogP) is 1.79. The van der Waals surface area contributed by atoms with Crippen LogP contribution in [0.15, 0.2) is 27.6 Å². The Morgan fingerprint density at radius 1 is 1.29 bits per heavy atom. The summed E-state index contributed by atoms with van der Waals surface area (Å²) in [6.07, 6.45) is 0.311. The van der Waals surface area contributed by atoms with Crippen molar-refractivity contribution in [3.05, 3.63) is 28.2 Å². The highest BCUT2D eigenvalue weighted by atomic mass is 79.9. The van der Waals surface area contributed by atoms with Gasteiger partial charge in [0.1, 0.15) is 0 Å². The molecule has 21 heavy (non-hydrogen) atoms. The number of carboxylic acids is 1. The summed E-state index contributed by atoms with van der Waals surface area (Å²) in [5, 5.41) is 8.92. The van der Waals surface area contributed by atoms with Gasteiger partial charge in [0.15, 0.2) is 9.84 Å². The molecule has 0 heterocycles. The number of nitrogens with zero attached hydrogens (tertiary/aromatic N) is 1. The number of halogens is 1. The van der Waals surface area contributed by atoms with E-state index in [0.717, 1.165) is 6.07 Å². The number of carbonyl (C=O) groups excluding carboxylic acids is 1. The Hall–Kier alpha value is -1.41. The Morgan fingerprint density at radius 2 is 1.90 bits per heavy atom. The van der Waals surface area contributed by atoms with Crippen molar-refractivity contribution >= 4 is 37.6 Å².